The van der Waals surface area contributed by atoms with Gasteiger partial charge in [-0.1, -0.05) is 12.1 Å². The number of anilines is 1. The smallest absolute Gasteiger partial charge is 0.281 e. The number of rotatable bonds is 3. The van der Waals surface area contributed by atoms with Crippen molar-refractivity contribution in [3.8, 4) is 5.75 Å². The molecule has 0 aliphatic carbocycles. The van der Waals surface area contributed by atoms with E-state index in [-0.39, 0.29) is 12.4 Å². The van der Waals surface area contributed by atoms with Crippen LogP contribution in [0.4, 0.5) is 10.2 Å². The molecule has 0 saturated heterocycles. The molecule has 0 radical (unpaired) electrons. The number of ether oxygens (including phenoxy) is 1. The van der Waals surface area contributed by atoms with Gasteiger partial charge in [-0.25, -0.2) is 9.37 Å². The van der Waals surface area contributed by atoms with Gasteiger partial charge in [0.25, 0.3) is 17.4 Å². The molecule has 2 heterocycles. The van der Waals surface area contributed by atoms with Crippen LogP contribution < -0.4 is 15.0 Å². The molecule has 0 saturated carbocycles. The van der Waals surface area contributed by atoms with Gasteiger partial charge in [0.1, 0.15) is 5.82 Å². The van der Waals surface area contributed by atoms with Crippen LogP contribution >= 0.6 is 0 Å². The minimum atomic E-state index is -1.69. The minimum Gasteiger partial charge on any atom is -0.464 e. The van der Waals surface area contributed by atoms with E-state index in [1.54, 1.807) is 37.5 Å². The summed E-state index contributed by atoms with van der Waals surface area (Å²) in [6.45, 7) is 1.58. The first-order valence-electron chi connectivity index (χ1n) is 7.37. The SMILES string of the molecule is CN1C(=O)C(C)(C(=O)NCc2ccc(F)cc2)Oc2cccnc21. The zero-order valence-electron chi connectivity index (χ0n) is 13.2. The first kappa shape index (κ1) is 15.9. The van der Waals surface area contributed by atoms with Crippen LogP contribution in [0.15, 0.2) is 42.6 Å². The largest absolute Gasteiger partial charge is 0.464 e. The van der Waals surface area contributed by atoms with Crippen LogP contribution in [0.2, 0.25) is 0 Å². The molecule has 7 heteroatoms. The summed E-state index contributed by atoms with van der Waals surface area (Å²) in [5, 5.41) is 2.66. The summed E-state index contributed by atoms with van der Waals surface area (Å²) in [5.74, 6) is -0.706. The summed E-state index contributed by atoms with van der Waals surface area (Å²) >= 11 is 0. The maximum Gasteiger partial charge on any atom is 0.281 e. The van der Waals surface area contributed by atoms with Gasteiger partial charge in [0.05, 0.1) is 0 Å². The summed E-state index contributed by atoms with van der Waals surface area (Å²) in [6, 6.07) is 9.05. The maximum absolute atomic E-state index is 12.9. The zero-order chi connectivity index (χ0) is 17.3. The molecule has 1 N–H and O–H groups in total. The Morgan fingerprint density at radius 2 is 2.04 bits per heavy atom. The number of aromatic nitrogens is 1. The topological polar surface area (TPSA) is 71.5 Å². The molecule has 1 aromatic carbocycles. The third kappa shape index (κ3) is 2.68. The van der Waals surface area contributed by atoms with Gasteiger partial charge in [0, 0.05) is 19.8 Å². The van der Waals surface area contributed by atoms with Gasteiger partial charge >= 0.3 is 0 Å². The number of pyridine rings is 1. The Kier molecular flexibility index (Phi) is 3.92. The fraction of sp³-hybridized carbons (Fsp3) is 0.235. The first-order valence-corrected chi connectivity index (χ1v) is 7.37. The van der Waals surface area contributed by atoms with E-state index in [0.717, 1.165) is 0 Å². The Morgan fingerprint density at radius 3 is 2.75 bits per heavy atom. The van der Waals surface area contributed by atoms with E-state index in [1.807, 2.05) is 0 Å². The number of hydrogen-bond donors (Lipinski definition) is 1. The van der Waals surface area contributed by atoms with Gasteiger partial charge in [-0.3, -0.25) is 14.5 Å². The quantitative estimate of drug-likeness (QED) is 0.869. The summed E-state index contributed by atoms with van der Waals surface area (Å²) < 4.78 is 18.6. The Balaban J connectivity index is 1.78. The van der Waals surface area contributed by atoms with Crippen molar-refractivity contribution in [3.63, 3.8) is 0 Å². The van der Waals surface area contributed by atoms with Gasteiger partial charge in [-0.15, -0.1) is 0 Å². The van der Waals surface area contributed by atoms with E-state index in [4.69, 9.17) is 4.74 Å². The van der Waals surface area contributed by atoms with E-state index in [9.17, 15) is 14.0 Å². The fourth-order valence-corrected chi connectivity index (χ4v) is 2.49. The fourth-order valence-electron chi connectivity index (χ4n) is 2.49. The van der Waals surface area contributed by atoms with Crippen molar-refractivity contribution >= 4 is 17.6 Å². The number of carbonyl (C=O) groups is 2. The van der Waals surface area contributed by atoms with Crippen molar-refractivity contribution in [1.82, 2.24) is 10.3 Å². The number of benzene rings is 1. The Labute approximate surface area is 138 Å². The van der Waals surface area contributed by atoms with Crippen molar-refractivity contribution < 1.29 is 18.7 Å². The molecule has 0 spiro atoms. The second-order valence-corrected chi connectivity index (χ2v) is 5.63. The molecule has 1 unspecified atom stereocenters. The lowest BCUT2D eigenvalue weighted by Gasteiger charge is -2.36. The van der Waals surface area contributed by atoms with E-state index in [0.29, 0.717) is 17.1 Å². The van der Waals surface area contributed by atoms with Crippen LogP contribution in [-0.2, 0) is 16.1 Å². The van der Waals surface area contributed by atoms with Crippen LogP contribution in [0.1, 0.15) is 12.5 Å². The van der Waals surface area contributed by atoms with E-state index in [1.165, 1.54) is 24.0 Å². The normalized spacial score (nSPS) is 19.5. The van der Waals surface area contributed by atoms with Crippen molar-refractivity contribution in [2.24, 2.45) is 0 Å². The molecular formula is C17H16FN3O3. The van der Waals surface area contributed by atoms with Crippen molar-refractivity contribution in [1.29, 1.82) is 0 Å². The number of hydrogen-bond acceptors (Lipinski definition) is 4. The molecule has 0 fully saturated rings. The van der Waals surface area contributed by atoms with Crippen LogP contribution in [0.25, 0.3) is 0 Å². The number of nitrogens with one attached hydrogen (secondary N) is 1. The second kappa shape index (κ2) is 5.92. The van der Waals surface area contributed by atoms with Crippen molar-refractivity contribution in [2.45, 2.75) is 19.1 Å². The molecule has 124 valence electrons. The highest BCUT2D eigenvalue weighted by molar-refractivity contribution is 6.15. The van der Waals surface area contributed by atoms with Gasteiger partial charge in [0.15, 0.2) is 11.6 Å². The first-order chi connectivity index (χ1) is 11.4. The summed E-state index contributed by atoms with van der Waals surface area (Å²) in [7, 11) is 1.54. The monoisotopic (exact) mass is 329 g/mol. The average molecular weight is 329 g/mol. The number of likely N-dealkylation sites (N-methyl/N-ethyl adjacent to an activating group) is 1. The van der Waals surface area contributed by atoms with Gasteiger partial charge in [-0.05, 0) is 36.8 Å². The molecule has 1 atom stereocenters. The van der Waals surface area contributed by atoms with Crippen LogP contribution in [0.3, 0.4) is 0 Å². The highest BCUT2D eigenvalue weighted by Crippen LogP contribution is 2.34. The lowest BCUT2D eigenvalue weighted by molar-refractivity contribution is -0.148. The van der Waals surface area contributed by atoms with E-state index in [2.05, 4.69) is 10.3 Å². The predicted molar refractivity (Wildman–Crippen MR) is 84.9 cm³/mol. The summed E-state index contributed by atoms with van der Waals surface area (Å²) in [5.41, 5.74) is -0.975. The Morgan fingerprint density at radius 1 is 1.33 bits per heavy atom. The lowest BCUT2D eigenvalue weighted by atomic mass is 10.0. The third-order valence-corrected chi connectivity index (χ3v) is 3.90. The predicted octanol–water partition coefficient (Wildman–Crippen LogP) is 1.65. The number of halogens is 1. The van der Waals surface area contributed by atoms with E-state index < -0.39 is 17.4 Å². The molecule has 2 aromatic rings. The Hall–Kier alpha value is -2.96. The van der Waals surface area contributed by atoms with Crippen molar-refractivity contribution in [2.75, 3.05) is 11.9 Å². The molecule has 6 nitrogen and oxygen atoms in total. The minimum absolute atomic E-state index is 0.162. The van der Waals surface area contributed by atoms with Crippen LogP contribution in [-0.4, -0.2) is 29.4 Å². The van der Waals surface area contributed by atoms with Gasteiger partial charge in [0.2, 0.25) is 0 Å². The molecule has 24 heavy (non-hydrogen) atoms. The summed E-state index contributed by atoms with van der Waals surface area (Å²) in [6.07, 6.45) is 1.54. The molecule has 1 aromatic heterocycles. The van der Waals surface area contributed by atoms with Crippen LogP contribution in [0.5, 0.6) is 5.75 Å². The molecular weight excluding hydrogens is 313 g/mol. The number of amides is 2. The average Bonchev–Trinajstić information content (AvgIpc) is 2.59. The number of fused-ring (bicyclic) bond motifs is 1. The summed E-state index contributed by atoms with van der Waals surface area (Å²) in [4.78, 5) is 30.5. The van der Waals surface area contributed by atoms with Crippen LogP contribution in [0, 0.1) is 5.82 Å². The third-order valence-electron chi connectivity index (χ3n) is 3.90. The lowest BCUT2D eigenvalue weighted by Crippen LogP contribution is -2.61. The number of carbonyl (C=O) groups excluding carboxylic acids is 2. The highest BCUT2D eigenvalue weighted by Gasteiger charge is 2.50. The standard InChI is InChI=1S/C17H16FN3O3/c1-17(15(22)20-10-11-5-7-12(18)8-6-11)16(23)21(2)14-13(24-17)4-3-9-19-14/h3-9H,10H2,1-2H3,(H,20,22). The van der Waals surface area contributed by atoms with E-state index >= 15 is 0 Å². The maximum atomic E-state index is 12.9. The molecule has 1 aliphatic rings. The number of nitrogens with zero attached hydrogens (tertiary/aromatic N) is 2. The molecule has 2 amide bonds. The molecule has 0 bridgehead atoms. The van der Waals surface area contributed by atoms with Crippen molar-refractivity contribution in [3.05, 3.63) is 54.0 Å². The highest BCUT2D eigenvalue weighted by atomic mass is 19.1. The zero-order valence-corrected chi connectivity index (χ0v) is 13.2. The molecule has 3 rings (SSSR count). The van der Waals surface area contributed by atoms with Gasteiger partial charge < -0.3 is 10.1 Å². The molecule has 1 aliphatic heterocycles. The Bertz CT molecular complexity index is 794. The second-order valence-electron chi connectivity index (χ2n) is 5.63. The van der Waals surface area contributed by atoms with Gasteiger partial charge in [-0.2, -0.15) is 0 Å².